The van der Waals surface area contributed by atoms with Gasteiger partial charge in [0, 0.05) is 0 Å². The van der Waals surface area contributed by atoms with Gasteiger partial charge in [-0.2, -0.15) is 0 Å². The summed E-state index contributed by atoms with van der Waals surface area (Å²) in [4.78, 5) is 15.0. The number of ketones is 1. The standard InChI is InChI=1S/C23H35BrF3NO/c1-4-23(5-2,6-3)15-13-11-9-7-8-10-12-14-17-16-18(24)28-20(19(17)25)21(29)22(26)27/h16,22H,4-15H2,1-3H3. The molecular weight excluding hydrogens is 443 g/mol. The third-order valence-electron chi connectivity index (χ3n) is 6.34. The minimum atomic E-state index is -3.25. The first-order chi connectivity index (χ1) is 13.8. The van der Waals surface area contributed by atoms with Crippen LogP contribution in [0.15, 0.2) is 10.7 Å². The second-order valence-electron chi connectivity index (χ2n) is 7.97. The number of rotatable bonds is 15. The summed E-state index contributed by atoms with van der Waals surface area (Å²) in [6.07, 6.45) is 9.97. The Morgan fingerprint density at radius 1 is 1.00 bits per heavy atom. The Hall–Kier alpha value is -0.910. The SMILES string of the molecule is CCC(CC)(CC)CCCCCCCCCc1cc(Br)nc(C(=O)C(F)F)c1F. The molecule has 1 heterocycles. The van der Waals surface area contributed by atoms with Crippen molar-refractivity contribution in [1.82, 2.24) is 4.98 Å². The quantitative estimate of drug-likeness (QED) is 0.144. The molecule has 0 aliphatic carbocycles. The zero-order valence-electron chi connectivity index (χ0n) is 18.0. The van der Waals surface area contributed by atoms with Crippen LogP contribution in [0.3, 0.4) is 0 Å². The monoisotopic (exact) mass is 477 g/mol. The van der Waals surface area contributed by atoms with E-state index in [4.69, 9.17) is 0 Å². The summed E-state index contributed by atoms with van der Waals surface area (Å²) in [6, 6.07) is 1.47. The summed E-state index contributed by atoms with van der Waals surface area (Å²) >= 11 is 3.08. The van der Waals surface area contributed by atoms with Crippen molar-refractivity contribution < 1.29 is 18.0 Å². The Labute approximate surface area is 182 Å². The van der Waals surface area contributed by atoms with E-state index in [1.165, 1.54) is 51.0 Å². The normalized spacial score (nSPS) is 12.0. The number of alkyl halides is 2. The molecule has 0 unspecified atom stereocenters. The van der Waals surface area contributed by atoms with Crippen molar-refractivity contribution in [2.45, 2.75) is 104 Å². The van der Waals surface area contributed by atoms with E-state index in [0.29, 0.717) is 11.8 Å². The third kappa shape index (κ3) is 8.39. The highest BCUT2D eigenvalue weighted by Gasteiger charge is 2.25. The number of hydrogen-bond donors (Lipinski definition) is 0. The van der Waals surface area contributed by atoms with Crippen LogP contribution in [-0.2, 0) is 6.42 Å². The van der Waals surface area contributed by atoms with E-state index in [-0.39, 0.29) is 10.2 Å². The Balaban J connectivity index is 2.31. The van der Waals surface area contributed by atoms with Crippen molar-refractivity contribution in [2.75, 3.05) is 0 Å². The van der Waals surface area contributed by atoms with E-state index < -0.39 is 23.7 Å². The van der Waals surface area contributed by atoms with Crippen molar-refractivity contribution in [2.24, 2.45) is 5.41 Å². The molecule has 0 saturated carbocycles. The van der Waals surface area contributed by atoms with Gasteiger partial charge in [0.05, 0.1) is 0 Å². The van der Waals surface area contributed by atoms with Gasteiger partial charge in [0.25, 0.3) is 0 Å². The zero-order chi connectivity index (χ0) is 21.9. The smallest absolute Gasteiger partial charge is 0.286 e. The number of nitrogens with zero attached hydrogens (tertiary/aromatic N) is 1. The van der Waals surface area contributed by atoms with Crippen molar-refractivity contribution in [1.29, 1.82) is 0 Å². The molecule has 166 valence electrons. The van der Waals surface area contributed by atoms with Crippen LogP contribution in [0, 0.1) is 11.2 Å². The molecule has 0 aliphatic rings. The first-order valence-corrected chi connectivity index (χ1v) is 11.8. The van der Waals surface area contributed by atoms with Crippen LogP contribution in [-0.4, -0.2) is 17.2 Å². The molecule has 0 N–H and O–H groups in total. The largest absolute Gasteiger partial charge is 0.302 e. The number of aryl methyl sites for hydroxylation is 1. The molecule has 1 rings (SSSR count). The van der Waals surface area contributed by atoms with E-state index in [2.05, 4.69) is 41.7 Å². The van der Waals surface area contributed by atoms with E-state index in [9.17, 15) is 18.0 Å². The molecule has 0 aliphatic heterocycles. The molecule has 1 aromatic heterocycles. The molecule has 0 atom stereocenters. The van der Waals surface area contributed by atoms with Crippen molar-refractivity contribution in [3.05, 3.63) is 27.7 Å². The lowest BCUT2D eigenvalue weighted by Gasteiger charge is -2.30. The number of hydrogen-bond acceptors (Lipinski definition) is 2. The topological polar surface area (TPSA) is 30.0 Å². The average molecular weight is 478 g/mol. The molecular formula is C23H35BrF3NO. The van der Waals surface area contributed by atoms with Crippen LogP contribution in [0.25, 0.3) is 0 Å². The lowest BCUT2D eigenvalue weighted by atomic mass is 9.75. The van der Waals surface area contributed by atoms with Crippen LogP contribution < -0.4 is 0 Å². The Kier molecular flexibility index (Phi) is 12.1. The fourth-order valence-corrected chi connectivity index (χ4v) is 4.43. The molecule has 0 spiro atoms. The second-order valence-corrected chi connectivity index (χ2v) is 8.78. The molecule has 6 heteroatoms. The summed E-state index contributed by atoms with van der Waals surface area (Å²) < 4.78 is 39.7. The summed E-state index contributed by atoms with van der Waals surface area (Å²) in [5.41, 5.74) is 0.0191. The third-order valence-corrected chi connectivity index (χ3v) is 6.74. The first-order valence-electron chi connectivity index (χ1n) is 11.0. The van der Waals surface area contributed by atoms with E-state index >= 15 is 0 Å². The van der Waals surface area contributed by atoms with Gasteiger partial charge in [-0.05, 0) is 52.2 Å². The molecule has 0 bridgehead atoms. The van der Waals surface area contributed by atoms with Gasteiger partial charge in [0.15, 0.2) is 5.82 Å². The van der Waals surface area contributed by atoms with Crippen LogP contribution >= 0.6 is 15.9 Å². The minimum absolute atomic E-state index is 0.209. The van der Waals surface area contributed by atoms with Crippen molar-refractivity contribution >= 4 is 21.7 Å². The predicted molar refractivity (Wildman–Crippen MR) is 116 cm³/mol. The average Bonchev–Trinajstić information content (AvgIpc) is 2.71. The molecule has 0 fully saturated rings. The zero-order valence-corrected chi connectivity index (χ0v) is 19.6. The van der Waals surface area contributed by atoms with Crippen LogP contribution in [0.2, 0.25) is 0 Å². The summed E-state index contributed by atoms with van der Waals surface area (Å²) in [5.74, 6) is -2.48. The summed E-state index contributed by atoms with van der Waals surface area (Å²) in [6.45, 7) is 6.89. The van der Waals surface area contributed by atoms with Crippen LogP contribution in [0.4, 0.5) is 13.2 Å². The summed E-state index contributed by atoms with van der Waals surface area (Å²) in [7, 11) is 0. The van der Waals surface area contributed by atoms with Crippen LogP contribution in [0.1, 0.15) is 107 Å². The van der Waals surface area contributed by atoms with Gasteiger partial charge in [-0.15, -0.1) is 0 Å². The Morgan fingerprint density at radius 2 is 1.52 bits per heavy atom. The number of Topliss-reactive ketones (excluding diaryl/α,β-unsaturated/α-hetero) is 1. The Bertz CT molecular complexity index is 625. The lowest BCUT2D eigenvalue weighted by Crippen LogP contribution is -2.17. The second kappa shape index (κ2) is 13.4. The highest BCUT2D eigenvalue weighted by molar-refractivity contribution is 9.10. The minimum Gasteiger partial charge on any atom is -0.286 e. The fraction of sp³-hybridized carbons (Fsp3) is 0.739. The molecule has 29 heavy (non-hydrogen) atoms. The van der Waals surface area contributed by atoms with E-state index in [1.54, 1.807) is 0 Å². The highest BCUT2D eigenvalue weighted by Crippen LogP contribution is 2.36. The number of pyridine rings is 1. The number of halogens is 4. The van der Waals surface area contributed by atoms with Crippen molar-refractivity contribution in [3.63, 3.8) is 0 Å². The molecule has 2 nitrogen and oxygen atoms in total. The number of carbonyl (C=O) groups is 1. The maximum Gasteiger partial charge on any atom is 0.302 e. The van der Waals surface area contributed by atoms with Gasteiger partial charge in [0.2, 0.25) is 5.78 Å². The molecule has 0 saturated heterocycles. The number of aromatic nitrogens is 1. The lowest BCUT2D eigenvalue weighted by molar-refractivity contribution is 0.0667. The first kappa shape index (κ1) is 26.1. The van der Waals surface area contributed by atoms with Gasteiger partial charge in [-0.1, -0.05) is 78.6 Å². The van der Waals surface area contributed by atoms with E-state index in [0.717, 1.165) is 25.7 Å². The predicted octanol–water partition coefficient (Wildman–Crippen LogP) is 8.31. The molecule has 0 amide bonds. The summed E-state index contributed by atoms with van der Waals surface area (Å²) in [5, 5.41) is 0. The Morgan fingerprint density at radius 3 is 2.03 bits per heavy atom. The van der Waals surface area contributed by atoms with E-state index in [1.807, 2.05) is 0 Å². The van der Waals surface area contributed by atoms with Gasteiger partial charge < -0.3 is 0 Å². The van der Waals surface area contributed by atoms with Crippen LogP contribution in [0.5, 0.6) is 0 Å². The molecule has 1 aromatic rings. The maximum atomic E-state index is 14.3. The van der Waals surface area contributed by atoms with Crippen molar-refractivity contribution in [3.8, 4) is 0 Å². The highest BCUT2D eigenvalue weighted by atomic mass is 79.9. The van der Waals surface area contributed by atoms with Gasteiger partial charge in [0.1, 0.15) is 10.3 Å². The van der Waals surface area contributed by atoms with Gasteiger partial charge in [-0.3, -0.25) is 4.79 Å². The van der Waals surface area contributed by atoms with Gasteiger partial charge >= 0.3 is 6.43 Å². The fourth-order valence-electron chi connectivity index (χ4n) is 3.98. The molecule has 0 aromatic carbocycles. The number of carbonyl (C=O) groups excluding carboxylic acids is 1. The maximum absolute atomic E-state index is 14.3. The molecule has 0 radical (unpaired) electrons. The van der Waals surface area contributed by atoms with Gasteiger partial charge in [-0.25, -0.2) is 18.2 Å². The number of unbranched alkanes of at least 4 members (excludes halogenated alkanes) is 6.